The van der Waals surface area contributed by atoms with Crippen LogP contribution in [0.15, 0.2) is 42.5 Å². The highest BCUT2D eigenvalue weighted by molar-refractivity contribution is 6.30. The van der Waals surface area contributed by atoms with Gasteiger partial charge in [0, 0.05) is 16.5 Å². The Labute approximate surface area is 124 Å². The number of fused-ring (bicyclic) bond motifs is 1. The van der Waals surface area contributed by atoms with Crippen molar-refractivity contribution in [2.45, 2.75) is 25.4 Å². The Morgan fingerprint density at radius 1 is 1.30 bits per heavy atom. The van der Waals surface area contributed by atoms with Crippen LogP contribution in [0.5, 0.6) is 5.75 Å². The molecular weight excluding hydrogens is 272 g/mol. The van der Waals surface area contributed by atoms with Crippen LogP contribution in [0, 0.1) is 0 Å². The molecule has 0 radical (unpaired) electrons. The molecule has 3 rings (SSSR count). The smallest absolute Gasteiger partial charge is 0.125 e. The number of ether oxygens (including phenoxy) is 1. The van der Waals surface area contributed by atoms with Crippen LogP contribution < -0.4 is 4.74 Å². The summed E-state index contributed by atoms with van der Waals surface area (Å²) in [4.78, 5) is 0. The first-order chi connectivity index (χ1) is 9.65. The third-order valence-electron chi connectivity index (χ3n) is 3.82. The number of rotatable bonds is 4. The molecule has 20 heavy (non-hydrogen) atoms. The molecule has 0 saturated carbocycles. The summed E-state index contributed by atoms with van der Waals surface area (Å²) in [6.07, 6.45) is 0.478. The van der Waals surface area contributed by atoms with Gasteiger partial charge in [0.1, 0.15) is 5.75 Å². The minimum absolute atomic E-state index is 0.448. The summed E-state index contributed by atoms with van der Waals surface area (Å²) in [6.45, 7) is 2.36. The van der Waals surface area contributed by atoms with Gasteiger partial charge in [-0.25, -0.2) is 0 Å². The van der Waals surface area contributed by atoms with Crippen molar-refractivity contribution in [1.29, 1.82) is 0 Å². The molecule has 0 amide bonds. The van der Waals surface area contributed by atoms with Crippen LogP contribution in [-0.4, -0.2) is 11.7 Å². The molecular formula is C17H17ClO2. The van der Waals surface area contributed by atoms with Gasteiger partial charge in [-0.3, -0.25) is 0 Å². The molecule has 0 bridgehead atoms. The van der Waals surface area contributed by atoms with E-state index in [1.165, 1.54) is 11.1 Å². The fourth-order valence-corrected chi connectivity index (χ4v) is 2.86. The Kier molecular flexibility index (Phi) is 3.68. The van der Waals surface area contributed by atoms with Gasteiger partial charge in [0.2, 0.25) is 0 Å². The predicted molar refractivity (Wildman–Crippen MR) is 80.5 cm³/mol. The summed E-state index contributed by atoms with van der Waals surface area (Å²) in [6, 6.07) is 13.8. The lowest BCUT2D eigenvalue weighted by Gasteiger charge is -2.30. The predicted octanol–water partition coefficient (Wildman–Crippen LogP) is 4.11. The zero-order valence-electron chi connectivity index (χ0n) is 11.3. The monoisotopic (exact) mass is 288 g/mol. The Bertz CT molecular complexity index is 622. The van der Waals surface area contributed by atoms with Gasteiger partial charge in [0.15, 0.2) is 0 Å². The van der Waals surface area contributed by atoms with Gasteiger partial charge in [-0.1, -0.05) is 35.9 Å². The van der Waals surface area contributed by atoms with Gasteiger partial charge < -0.3 is 9.84 Å². The van der Waals surface area contributed by atoms with E-state index in [0.717, 1.165) is 12.0 Å². The van der Waals surface area contributed by atoms with Gasteiger partial charge >= 0.3 is 0 Å². The zero-order chi connectivity index (χ0) is 14.1. The SMILES string of the molecule is C[C@H](O)c1cc(Cl)ccc1OCC1Cc2ccccc21. The minimum atomic E-state index is -0.586. The molecule has 0 aliphatic heterocycles. The second-order valence-corrected chi connectivity index (χ2v) is 5.71. The van der Waals surface area contributed by atoms with Crippen molar-refractivity contribution in [2.75, 3.05) is 6.61 Å². The third-order valence-corrected chi connectivity index (χ3v) is 4.06. The van der Waals surface area contributed by atoms with Crippen molar-refractivity contribution in [3.05, 3.63) is 64.2 Å². The van der Waals surface area contributed by atoms with Crippen LogP contribution in [0.4, 0.5) is 0 Å². The quantitative estimate of drug-likeness (QED) is 0.917. The molecule has 2 aromatic rings. The van der Waals surface area contributed by atoms with Crippen LogP contribution in [0.25, 0.3) is 0 Å². The maximum Gasteiger partial charge on any atom is 0.125 e. The maximum absolute atomic E-state index is 9.78. The van der Waals surface area contributed by atoms with E-state index < -0.39 is 6.10 Å². The Hall–Kier alpha value is -1.51. The minimum Gasteiger partial charge on any atom is -0.493 e. The van der Waals surface area contributed by atoms with Crippen molar-refractivity contribution in [1.82, 2.24) is 0 Å². The molecule has 2 atom stereocenters. The number of aliphatic hydroxyl groups excluding tert-OH is 1. The highest BCUT2D eigenvalue weighted by Gasteiger charge is 2.26. The van der Waals surface area contributed by atoms with Gasteiger partial charge in [-0.05, 0) is 42.7 Å². The molecule has 0 saturated heterocycles. The van der Waals surface area contributed by atoms with Gasteiger partial charge in [-0.2, -0.15) is 0 Å². The number of aliphatic hydroxyl groups is 1. The van der Waals surface area contributed by atoms with E-state index in [-0.39, 0.29) is 0 Å². The second kappa shape index (κ2) is 5.47. The normalized spacial score (nSPS) is 18.1. The molecule has 0 heterocycles. The molecule has 1 aliphatic rings. The average molecular weight is 289 g/mol. The van der Waals surface area contributed by atoms with Crippen LogP contribution in [0.1, 0.15) is 35.6 Å². The standard InChI is InChI=1S/C17H17ClO2/c1-11(19)16-9-14(18)6-7-17(16)20-10-13-8-12-4-2-3-5-15(12)13/h2-7,9,11,13,19H,8,10H2,1H3/t11-,13?/m0/s1. The second-order valence-electron chi connectivity index (χ2n) is 5.27. The van der Waals surface area contributed by atoms with E-state index >= 15 is 0 Å². The Morgan fingerprint density at radius 3 is 2.85 bits per heavy atom. The lowest BCUT2D eigenvalue weighted by Crippen LogP contribution is -2.23. The fraction of sp³-hybridized carbons (Fsp3) is 0.294. The molecule has 3 heteroatoms. The van der Waals surface area contributed by atoms with Crippen molar-refractivity contribution in [3.63, 3.8) is 0 Å². The summed E-state index contributed by atoms with van der Waals surface area (Å²) in [5.41, 5.74) is 3.53. The lowest BCUT2D eigenvalue weighted by molar-refractivity contribution is 0.188. The van der Waals surface area contributed by atoms with E-state index in [2.05, 4.69) is 24.3 Å². The van der Waals surface area contributed by atoms with E-state index in [1.807, 2.05) is 6.07 Å². The molecule has 2 nitrogen and oxygen atoms in total. The molecule has 2 aromatic carbocycles. The average Bonchev–Trinajstić information content (AvgIpc) is 2.41. The van der Waals surface area contributed by atoms with E-state index in [9.17, 15) is 5.11 Å². The Morgan fingerprint density at radius 2 is 2.10 bits per heavy atom. The van der Waals surface area contributed by atoms with Crippen LogP contribution in [0.2, 0.25) is 5.02 Å². The molecule has 0 fully saturated rings. The molecule has 1 unspecified atom stereocenters. The first-order valence-corrected chi connectivity index (χ1v) is 7.21. The van der Waals surface area contributed by atoms with Crippen LogP contribution in [0.3, 0.4) is 0 Å². The summed E-state index contributed by atoms with van der Waals surface area (Å²) < 4.78 is 5.90. The van der Waals surface area contributed by atoms with Crippen molar-refractivity contribution < 1.29 is 9.84 Å². The van der Waals surface area contributed by atoms with Crippen LogP contribution >= 0.6 is 11.6 Å². The highest BCUT2D eigenvalue weighted by atomic mass is 35.5. The maximum atomic E-state index is 9.78. The first kappa shape index (κ1) is 13.5. The lowest BCUT2D eigenvalue weighted by atomic mass is 9.78. The summed E-state index contributed by atoms with van der Waals surface area (Å²) in [5.74, 6) is 1.16. The Balaban J connectivity index is 1.71. The molecule has 0 aromatic heterocycles. The topological polar surface area (TPSA) is 29.5 Å². The number of hydrogen-bond donors (Lipinski definition) is 1. The zero-order valence-corrected chi connectivity index (χ0v) is 12.1. The van der Waals surface area contributed by atoms with Crippen molar-refractivity contribution in [3.8, 4) is 5.75 Å². The number of halogens is 1. The van der Waals surface area contributed by atoms with Gasteiger partial charge in [0.05, 0.1) is 12.7 Å². The number of hydrogen-bond acceptors (Lipinski definition) is 2. The van der Waals surface area contributed by atoms with Gasteiger partial charge in [0.25, 0.3) is 0 Å². The summed E-state index contributed by atoms with van der Waals surface area (Å²) in [5, 5.41) is 10.4. The highest BCUT2D eigenvalue weighted by Crippen LogP contribution is 2.36. The van der Waals surface area contributed by atoms with E-state index in [0.29, 0.717) is 23.3 Å². The molecule has 104 valence electrons. The molecule has 1 aliphatic carbocycles. The summed E-state index contributed by atoms with van der Waals surface area (Å²) >= 11 is 5.96. The van der Waals surface area contributed by atoms with Crippen LogP contribution in [-0.2, 0) is 6.42 Å². The van der Waals surface area contributed by atoms with E-state index in [4.69, 9.17) is 16.3 Å². The third kappa shape index (κ3) is 2.54. The van der Waals surface area contributed by atoms with Crippen molar-refractivity contribution >= 4 is 11.6 Å². The molecule has 1 N–H and O–H groups in total. The first-order valence-electron chi connectivity index (χ1n) is 6.83. The fourth-order valence-electron chi connectivity index (χ4n) is 2.68. The van der Waals surface area contributed by atoms with Crippen molar-refractivity contribution in [2.24, 2.45) is 0 Å². The van der Waals surface area contributed by atoms with Gasteiger partial charge in [-0.15, -0.1) is 0 Å². The molecule has 0 spiro atoms. The van der Waals surface area contributed by atoms with E-state index in [1.54, 1.807) is 19.1 Å². The largest absolute Gasteiger partial charge is 0.493 e. The summed E-state index contributed by atoms with van der Waals surface area (Å²) in [7, 11) is 0. The number of benzene rings is 2.